The Hall–Kier alpha value is -2.36. The van der Waals surface area contributed by atoms with E-state index in [1.165, 1.54) is 16.7 Å². The second-order valence-electron chi connectivity index (χ2n) is 7.90. The van der Waals surface area contributed by atoms with Crippen LogP contribution in [0.3, 0.4) is 0 Å². The molecule has 0 aliphatic heterocycles. The van der Waals surface area contributed by atoms with Gasteiger partial charge < -0.3 is 4.43 Å². The van der Waals surface area contributed by atoms with E-state index < -0.39 is 8.32 Å². The minimum Gasteiger partial charge on any atom is -0.506 e. The lowest BCUT2D eigenvalue weighted by Gasteiger charge is -2.32. The maximum atomic E-state index is 13.0. The molecule has 0 saturated heterocycles. The topological polar surface area (TPSA) is 26.3 Å². The molecule has 0 aliphatic carbocycles. The van der Waals surface area contributed by atoms with Crippen molar-refractivity contribution in [2.45, 2.75) is 40.0 Å². The van der Waals surface area contributed by atoms with Crippen LogP contribution in [0.2, 0.25) is 0 Å². The second kappa shape index (κ2) is 10.1. The van der Waals surface area contributed by atoms with Crippen LogP contribution in [0.15, 0.2) is 72.8 Å². The van der Waals surface area contributed by atoms with Gasteiger partial charge in [0, 0.05) is 12.3 Å². The molecule has 0 spiro atoms. The molecule has 0 aromatic heterocycles. The molecule has 30 heavy (non-hydrogen) atoms. The van der Waals surface area contributed by atoms with Gasteiger partial charge in [-0.25, -0.2) is 0 Å². The predicted octanol–water partition coefficient (Wildman–Crippen LogP) is 4.53. The number of benzene rings is 3. The highest BCUT2D eigenvalue weighted by molar-refractivity contribution is 7.07. The average Bonchev–Trinajstić information content (AvgIpc) is 2.74. The molecule has 0 amide bonds. The van der Waals surface area contributed by atoms with E-state index in [4.69, 9.17) is 16.0 Å². The van der Waals surface area contributed by atoms with E-state index in [9.17, 15) is 4.79 Å². The van der Waals surface area contributed by atoms with E-state index in [1.54, 1.807) is 0 Å². The normalized spacial score (nSPS) is 11.3. The summed E-state index contributed by atoms with van der Waals surface area (Å²) in [4.78, 5) is 13.0. The number of alkyl halides is 1. The van der Waals surface area contributed by atoms with Crippen molar-refractivity contribution in [3.05, 3.63) is 89.5 Å². The van der Waals surface area contributed by atoms with Gasteiger partial charge in [-0.2, -0.15) is 0 Å². The van der Waals surface area contributed by atoms with Crippen molar-refractivity contribution in [3.8, 4) is 0 Å². The van der Waals surface area contributed by atoms with E-state index in [0.29, 0.717) is 12.3 Å². The van der Waals surface area contributed by atoms with Crippen molar-refractivity contribution < 1.29 is 9.22 Å². The van der Waals surface area contributed by atoms with Crippen LogP contribution in [0.25, 0.3) is 0 Å². The highest BCUT2D eigenvalue weighted by atomic mass is 35.5. The zero-order valence-corrected chi connectivity index (χ0v) is 19.7. The number of hydrogen-bond donors (Lipinski definition) is 0. The summed E-state index contributed by atoms with van der Waals surface area (Å²) in [6.45, 7) is 6.22. The van der Waals surface area contributed by atoms with Crippen LogP contribution in [-0.2, 0) is 9.22 Å². The Labute approximate surface area is 186 Å². The molecule has 0 atom stereocenters. The van der Waals surface area contributed by atoms with Crippen LogP contribution >= 0.6 is 11.6 Å². The van der Waals surface area contributed by atoms with Crippen LogP contribution in [-0.4, -0.2) is 20.2 Å². The maximum absolute atomic E-state index is 13.0. The molecule has 0 saturated carbocycles. The lowest BCUT2D eigenvalue weighted by Crippen LogP contribution is -2.70. The first kappa shape index (κ1) is 22.3. The van der Waals surface area contributed by atoms with Crippen molar-refractivity contribution in [1.29, 1.82) is 0 Å². The summed E-state index contributed by atoms with van der Waals surface area (Å²) < 4.78 is 6.52. The van der Waals surface area contributed by atoms with Crippen molar-refractivity contribution >= 4 is 41.4 Å². The summed E-state index contributed by atoms with van der Waals surface area (Å²) in [6, 6.07) is 25.3. The standard InChI is InChI=1S/C26H29ClO2Si/c1-20-7-13-23(14-8-20)30(24-15-9-21(2)10-16-24,25-17-11-22(3)12-18-25)29-26(28)6-4-5-19-27/h7-18H,4-6,19H2,1-3H3. The molecule has 3 rings (SSSR count). The lowest BCUT2D eigenvalue weighted by atomic mass is 10.2. The molecule has 3 aromatic carbocycles. The molecule has 2 nitrogen and oxygen atoms in total. The molecular formula is C26H29ClO2Si. The first-order valence-corrected chi connectivity index (χ1v) is 12.9. The van der Waals surface area contributed by atoms with Crippen molar-refractivity contribution in [3.63, 3.8) is 0 Å². The summed E-state index contributed by atoms with van der Waals surface area (Å²) in [5.74, 6) is 0.400. The Morgan fingerprint density at radius 3 is 1.40 bits per heavy atom. The number of rotatable bonds is 8. The predicted molar refractivity (Wildman–Crippen MR) is 129 cm³/mol. The fourth-order valence-corrected chi connectivity index (χ4v) is 7.52. The molecular weight excluding hydrogens is 408 g/mol. The molecule has 0 N–H and O–H groups in total. The molecule has 4 heteroatoms. The fourth-order valence-electron chi connectivity index (χ4n) is 3.63. The number of halogens is 1. The first-order valence-electron chi connectivity index (χ1n) is 10.4. The van der Waals surface area contributed by atoms with Crippen molar-refractivity contribution in [1.82, 2.24) is 0 Å². The molecule has 0 aliphatic rings. The third-order valence-electron chi connectivity index (χ3n) is 5.41. The van der Waals surface area contributed by atoms with E-state index >= 15 is 0 Å². The monoisotopic (exact) mass is 436 g/mol. The van der Waals surface area contributed by atoms with Gasteiger partial charge in [-0.1, -0.05) is 89.5 Å². The Morgan fingerprint density at radius 2 is 1.07 bits per heavy atom. The zero-order chi connectivity index (χ0) is 21.6. The third-order valence-corrected chi connectivity index (χ3v) is 9.65. The summed E-state index contributed by atoms with van der Waals surface area (Å²) in [7, 11) is -3.00. The van der Waals surface area contributed by atoms with Gasteiger partial charge in [0.2, 0.25) is 0 Å². The van der Waals surface area contributed by atoms with Gasteiger partial charge in [-0.3, -0.25) is 4.79 Å². The zero-order valence-electron chi connectivity index (χ0n) is 18.0. The van der Waals surface area contributed by atoms with Gasteiger partial charge in [-0.15, -0.1) is 11.6 Å². The Bertz CT molecular complexity index is 852. The largest absolute Gasteiger partial charge is 0.506 e. The Morgan fingerprint density at radius 1 is 0.700 bits per heavy atom. The first-order chi connectivity index (χ1) is 14.5. The van der Waals surface area contributed by atoms with Gasteiger partial charge in [-0.05, 0) is 49.2 Å². The highest BCUT2D eigenvalue weighted by Gasteiger charge is 2.45. The number of carbonyl (C=O) groups excluding carboxylic acids is 1. The number of carbonyl (C=O) groups is 1. The van der Waals surface area contributed by atoms with Crippen LogP contribution in [0, 0.1) is 20.8 Å². The van der Waals surface area contributed by atoms with Gasteiger partial charge in [0.25, 0.3) is 5.97 Å². The fraction of sp³-hybridized carbons (Fsp3) is 0.269. The van der Waals surface area contributed by atoms with Crippen LogP contribution in [0.5, 0.6) is 0 Å². The minimum atomic E-state index is -3.00. The van der Waals surface area contributed by atoms with E-state index in [0.717, 1.165) is 28.4 Å². The summed E-state index contributed by atoms with van der Waals surface area (Å²) in [5, 5.41) is 3.23. The SMILES string of the molecule is Cc1ccc([Si](OC(=O)CCCCCl)(c2ccc(C)cc2)c2ccc(C)cc2)cc1. The molecule has 0 bridgehead atoms. The van der Waals surface area contributed by atoms with Crippen LogP contribution in [0.4, 0.5) is 0 Å². The molecule has 0 radical (unpaired) electrons. The molecule has 3 aromatic rings. The summed E-state index contributed by atoms with van der Waals surface area (Å²) in [5.41, 5.74) is 3.55. The van der Waals surface area contributed by atoms with Gasteiger partial charge in [0.05, 0.1) is 0 Å². The van der Waals surface area contributed by atoms with E-state index in [1.807, 2.05) is 0 Å². The van der Waals surface area contributed by atoms with Gasteiger partial charge in [0.15, 0.2) is 0 Å². The van der Waals surface area contributed by atoms with E-state index in [-0.39, 0.29) is 5.97 Å². The Balaban J connectivity index is 2.19. The van der Waals surface area contributed by atoms with Crippen LogP contribution < -0.4 is 15.6 Å². The van der Waals surface area contributed by atoms with E-state index in [2.05, 4.69) is 93.6 Å². The molecule has 156 valence electrons. The molecule has 0 fully saturated rings. The number of unbranched alkanes of at least 4 members (excludes halogenated alkanes) is 1. The van der Waals surface area contributed by atoms with Crippen LogP contribution in [0.1, 0.15) is 36.0 Å². The summed E-state index contributed by atoms with van der Waals surface area (Å²) >= 11 is 5.81. The van der Waals surface area contributed by atoms with Gasteiger partial charge in [0.1, 0.15) is 0 Å². The number of hydrogen-bond acceptors (Lipinski definition) is 2. The molecule has 0 heterocycles. The minimum absolute atomic E-state index is 0.159. The molecule has 0 unspecified atom stereocenters. The number of aryl methyl sites for hydroxylation is 3. The average molecular weight is 437 g/mol. The van der Waals surface area contributed by atoms with Crippen molar-refractivity contribution in [2.24, 2.45) is 0 Å². The van der Waals surface area contributed by atoms with Crippen molar-refractivity contribution in [2.75, 3.05) is 5.88 Å². The highest BCUT2D eigenvalue weighted by Crippen LogP contribution is 2.14. The third kappa shape index (κ3) is 5.03. The maximum Gasteiger partial charge on any atom is 0.350 e. The Kier molecular flexibility index (Phi) is 7.51. The second-order valence-corrected chi connectivity index (χ2v) is 11.6. The lowest BCUT2D eigenvalue weighted by molar-refractivity contribution is -0.134. The quantitative estimate of drug-likeness (QED) is 0.224. The summed E-state index contributed by atoms with van der Waals surface area (Å²) in [6.07, 6.45) is 1.93. The smallest absolute Gasteiger partial charge is 0.350 e. The van der Waals surface area contributed by atoms with Gasteiger partial charge >= 0.3 is 8.32 Å².